The molecule has 1 fully saturated rings. The molecule has 4 rings (SSSR count). The normalized spacial score (nSPS) is 17.2. The number of carbonyl (C=O) groups excluding carboxylic acids is 1. The van der Waals surface area contributed by atoms with E-state index in [-0.39, 0.29) is 11.7 Å². The van der Waals surface area contributed by atoms with Gasteiger partial charge < -0.3 is 4.90 Å². The highest BCUT2D eigenvalue weighted by Crippen LogP contribution is 2.36. The van der Waals surface area contributed by atoms with Crippen molar-refractivity contribution in [3.05, 3.63) is 76.4 Å². The standard InChI is InChI=1S/C23H28FN5OS.C3H5Cl.CH3Cl/c1-3-4-9-29-22-18(14-17-5-7-19(24)8-6-17)15-31-16-20(22)21(25-29)23(30)26-28-12-10-27(2)11-13-28;1-2-3-4;1-2/h3-8,14H,9-13,15-16H2,1-2H3,(H,26,30);2-3H,1H3;1H3/b4-3-,18-14+;3-2+;. The Labute approximate surface area is 234 Å². The van der Waals surface area contributed by atoms with E-state index in [0.29, 0.717) is 12.2 Å². The molecule has 0 saturated carbocycles. The van der Waals surface area contributed by atoms with E-state index in [4.69, 9.17) is 16.7 Å². The van der Waals surface area contributed by atoms with Crippen molar-refractivity contribution in [3.8, 4) is 0 Å². The molecular weight excluding hydrogens is 532 g/mol. The summed E-state index contributed by atoms with van der Waals surface area (Å²) in [6.07, 6.45) is 9.33. The van der Waals surface area contributed by atoms with E-state index in [2.05, 4.69) is 35.1 Å². The summed E-state index contributed by atoms with van der Waals surface area (Å²) in [5.41, 5.74) is 9.04. The molecule has 0 bridgehead atoms. The van der Waals surface area contributed by atoms with Crippen molar-refractivity contribution >= 4 is 52.5 Å². The number of thioether (sulfide) groups is 1. The molecule has 2 aliphatic rings. The monoisotopic (exact) mass is 567 g/mol. The summed E-state index contributed by atoms with van der Waals surface area (Å²) in [6.45, 7) is 7.90. The molecule has 3 heterocycles. The van der Waals surface area contributed by atoms with Gasteiger partial charge in [0.2, 0.25) is 0 Å². The second-order valence-electron chi connectivity index (χ2n) is 8.33. The van der Waals surface area contributed by atoms with Gasteiger partial charge in [0.15, 0.2) is 5.69 Å². The highest BCUT2D eigenvalue weighted by Gasteiger charge is 2.29. The number of nitrogens with zero attached hydrogens (tertiary/aromatic N) is 4. The van der Waals surface area contributed by atoms with Crippen LogP contribution in [0.5, 0.6) is 0 Å². The van der Waals surface area contributed by atoms with Crippen LogP contribution in [-0.2, 0) is 12.3 Å². The lowest BCUT2D eigenvalue weighted by atomic mass is 10.0. The Morgan fingerprint density at radius 2 is 1.76 bits per heavy atom. The quantitative estimate of drug-likeness (QED) is 0.360. The first-order chi connectivity index (χ1) is 18.0. The van der Waals surface area contributed by atoms with Gasteiger partial charge in [-0.15, -0.1) is 11.6 Å². The molecule has 1 saturated heterocycles. The van der Waals surface area contributed by atoms with Crippen LogP contribution in [0, 0.1) is 5.82 Å². The zero-order valence-corrected chi connectivity index (χ0v) is 24.2. The summed E-state index contributed by atoms with van der Waals surface area (Å²) in [4.78, 5) is 15.4. The minimum Gasteiger partial charge on any atom is -0.304 e. The summed E-state index contributed by atoms with van der Waals surface area (Å²) in [5, 5.41) is 6.69. The first-order valence-electron chi connectivity index (χ1n) is 12.1. The van der Waals surface area contributed by atoms with Gasteiger partial charge in [0.25, 0.3) is 5.91 Å². The highest BCUT2D eigenvalue weighted by molar-refractivity contribution is 7.99. The molecule has 0 aliphatic carbocycles. The summed E-state index contributed by atoms with van der Waals surface area (Å²) in [5.74, 6) is 1.17. The number of halogens is 3. The van der Waals surface area contributed by atoms with Crippen molar-refractivity contribution in [2.75, 3.05) is 45.4 Å². The highest BCUT2D eigenvalue weighted by atomic mass is 35.5. The number of benzene rings is 1. The molecule has 37 heavy (non-hydrogen) atoms. The maximum atomic E-state index is 13.3. The Kier molecular flexibility index (Phi) is 14.0. The Balaban J connectivity index is 0.000000733. The predicted molar refractivity (Wildman–Crippen MR) is 156 cm³/mol. The Hall–Kier alpha value is -2.10. The van der Waals surface area contributed by atoms with Crippen LogP contribution in [-0.4, -0.2) is 71.0 Å². The number of carbonyl (C=O) groups is 1. The summed E-state index contributed by atoms with van der Waals surface area (Å²) < 4.78 is 15.2. The minimum absolute atomic E-state index is 0.149. The van der Waals surface area contributed by atoms with Gasteiger partial charge in [-0.3, -0.25) is 14.9 Å². The summed E-state index contributed by atoms with van der Waals surface area (Å²) in [7, 11) is 2.09. The van der Waals surface area contributed by atoms with Gasteiger partial charge in [0.05, 0.1) is 12.2 Å². The Bertz CT molecular complexity index is 1070. The molecule has 1 amide bonds. The number of piperazine rings is 1. The number of allylic oxidation sites excluding steroid dienone is 3. The number of likely N-dealkylation sites (N-methyl/N-ethyl adjacent to an activating group) is 1. The maximum absolute atomic E-state index is 13.3. The lowest BCUT2D eigenvalue weighted by Gasteiger charge is -2.32. The molecule has 0 atom stereocenters. The van der Waals surface area contributed by atoms with Crippen molar-refractivity contribution in [1.82, 2.24) is 25.1 Å². The van der Waals surface area contributed by atoms with Crippen molar-refractivity contribution in [3.63, 3.8) is 0 Å². The van der Waals surface area contributed by atoms with Crippen LogP contribution in [0.15, 0.2) is 48.0 Å². The van der Waals surface area contributed by atoms with Crippen LogP contribution in [0.25, 0.3) is 11.6 Å². The largest absolute Gasteiger partial charge is 0.304 e. The second-order valence-corrected chi connectivity index (χ2v) is 9.57. The van der Waals surface area contributed by atoms with Gasteiger partial charge in [0, 0.05) is 49.6 Å². The molecule has 2 aliphatic heterocycles. The molecule has 1 aromatic heterocycles. The maximum Gasteiger partial charge on any atom is 0.286 e. The molecule has 1 aromatic carbocycles. The Morgan fingerprint density at radius 3 is 2.35 bits per heavy atom. The number of aromatic nitrogens is 2. The number of amides is 1. The number of hydrogen-bond acceptors (Lipinski definition) is 5. The van der Waals surface area contributed by atoms with Gasteiger partial charge >= 0.3 is 0 Å². The van der Waals surface area contributed by atoms with Gasteiger partial charge in [-0.25, -0.2) is 9.40 Å². The molecule has 6 nitrogen and oxygen atoms in total. The third-order valence-electron chi connectivity index (χ3n) is 5.69. The fourth-order valence-electron chi connectivity index (χ4n) is 3.83. The first-order valence-corrected chi connectivity index (χ1v) is 14.4. The first kappa shape index (κ1) is 31.1. The van der Waals surface area contributed by atoms with Crippen LogP contribution in [0.4, 0.5) is 4.39 Å². The summed E-state index contributed by atoms with van der Waals surface area (Å²) in [6, 6.07) is 6.48. The fraction of sp³-hybridized carbons (Fsp3) is 0.407. The smallest absolute Gasteiger partial charge is 0.286 e. The van der Waals surface area contributed by atoms with Crippen molar-refractivity contribution in [2.45, 2.75) is 26.1 Å². The van der Waals surface area contributed by atoms with Crippen LogP contribution >= 0.6 is 35.0 Å². The third-order valence-corrected chi connectivity index (χ3v) is 6.95. The van der Waals surface area contributed by atoms with Crippen molar-refractivity contribution in [1.29, 1.82) is 0 Å². The number of nitrogens with one attached hydrogen (secondary N) is 1. The molecule has 0 radical (unpaired) electrons. The van der Waals surface area contributed by atoms with E-state index in [1.165, 1.54) is 24.1 Å². The van der Waals surface area contributed by atoms with E-state index >= 15 is 0 Å². The molecule has 0 unspecified atom stereocenters. The van der Waals surface area contributed by atoms with E-state index < -0.39 is 0 Å². The van der Waals surface area contributed by atoms with E-state index in [1.54, 1.807) is 30.0 Å². The lowest BCUT2D eigenvalue weighted by Crippen LogP contribution is -2.52. The fourth-order valence-corrected chi connectivity index (χ4v) is 4.85. The molecule has 1 N–H and O–H groups in total. The topological polar surface area (TPSA) is 53.4 Å². The second kappa shape index (κ2) is 16.7. The van der Waals surface area contributed by atoms with Crippen LogP contribution in [0.1, 0.15) is 41.2 Å². The average molecular weight is 569 g/mol. The summed E-state index contributed by atoms with van der Waals surface area (Å²) >= 11 is 11.4. The van der Waals surface area contributed by atoms with Crippen LogP contribution in [0.2, 0.25) is 0 Å². The van der Waals surface area contributed by atoms with E-state index in [1.807, 2.05) is 35.7 Å². The molecule has 0 spiro atoms. The van der Waals surface area contributed by atoms with E-state index in [0.717, 1.165) is 60.1 Å². The number of fused-ring (bicyclic) bond motifs is 1. The van der Waals surface area contributed by atoms with Gasteiger partial charge in [0.1, 0.15) is 5.82 Å². The zero-order chi connectivity index (χ0) is 27.2. The van der Waals surface area contributed by atoms with Gasteiger partial charge in [-0.2, -0.15) is 16.9 Å². The Morgan fingerprint density at radius 1 is 1.11 bits per heavy atom. The molecular formula is C27H36Cl2FN5OS. The van der Waals surface area contributed by atoms with E-state index in [9.17, 15) is 9.18 Å². The molecule has 2 aromatic rings. The average Bonchev–Trinajstić information content (AvgIpc) is 3.31. The minimum atomic E-state index is -0.248. The van der Waals surface area contributed by atoms with Crippen LogP contribution < -0.4 is 5.43 Å². The van der Waals surface area contributed by atoms with Gasteiger partial charge in [-0.1, -0.05) is 42.0 Å². The molecule has 10 heteroatoms. The van der Waals surface area contributed by atoms with Crippen molar-refractivity contribution in [2.24, 2.45) is 0 Å². The number of hydrazine groups is 1. The molecule has 202 valence electrons. The van der Waals surface area contributed by atoms with Crippen molar-refractivity contribution < 1.29 is 9.18 Å². The third kappa shape index (κ3) is 9.30. The SMILES string of the molecule is C/C=C/Cl.C/C=C\Cn1nc(C(=O)NN2CCN(C)CC2)c2c1/C(=C/c1ccc(F)cc1)CSC2.CCl. The predicted octanol–water partition coefficient (Wildman–Crippen LogP) is 5.89. The zero-order valence-electron chi connectivity index (χ0n) is 21.9. The van der Waals surface area contributed by atoms with Crippen LogP contribution in [0.3, 0.4) is 0 Å². The van der Waals surface area contributed by atoms with Gasteiger partial charge in [-0.05, 0) is 55.8 Å². The lowest BCUT2D eigenvalue weighted by molar-refractivity contribution is 0.0656. The number of hydrogen-bond donors (Lipinski definition) is 1. The number of alkyl halides is 1. The number of rotatable bonds is 5.